The molecule has 0 unspecified atom stereocenters. The molecule has 0 spiro atoms. The highest BCUT2D eigenvalue weighted by atomic mass is 32.2. The largest absolute Gasteiger partial charge is 0.466 e. The predicted molar refractivity (Wildman–Crippen MR) is 133 cm³/mol. The van der Waals surface area contributed by atoms with Gasteiger partial charge in [0.2, 0.25) is 15.9 Å². The molecule has 3 rings (SSSR count). The topological polar surface area (TPSA) is 155 Å². The summed E-state index contributed by atoms with van der Waals surface area (Å²) in [6.07, 6.45) is 1.60. The molecule has 2 aromatic rings. The maximum Gasteiger partial charge on any atom is 0.309 e. The van der Waals surface area contributed by atoms with Crippen molar-refractivity contribution in [2.75, 3.05) is 26.2 Å². The number of ether oxygens (including phenoxy) is 1. The Kier molecular flexibility index (Phi) is 9.05. The molecule has 1 fully saturated rings. The van der Waals surface area contributed by atoms with Crippen LogP contribution < -0.4 is 15.8 Å². The number of likely N-dealkylation sites (tertiary alicyclic amines) is 1. The lowest BCUT2D eigenvalue weighted by Crippen LogP contribution is -2.51. The van der Waals surface area contributed by atoms with E-state index in [1.54, 1.807) is 24.0 Å². The number of esters is 1. The second-order valence-corrected chi connectivity index (χ2v) is 10.2. The van der Waals surface area contributed by atoms with E-state index in [4.69, 9.17) is 15.9 Å². The number of hydrogen-bond donors (Lipinski definition) is 4. The highest BCUT2D eigenvalue weighted by molar-refractivity contribution is 7.89. The number of carbonyl (C=O) groups is 2. The summed E-state index contributed by atoms with van der Waals surface area (Å²) in [4.78, 5) is 27.0. The summed E-state index contributed by atoms with van der Waals surface area (Å²) in [5, 5.41) is 11.6. The zero-order valence-corrected chi connectivity index (χ0v) is 20.6. The van der Waals surface area contributed by atoms with Crippen molar-refractivity contribution in [2.45, 2.75) is 43.5 Å². The number of carbonyl (C=O) groups excluding carboxylic acids is 2. The van der Waals surface area contributed by atoms with Gasteiger partial charge in [0.1, 0.15) is 6.04 Å². The molecular formula is C24H33N5O5S. The van der Waals surface area contributed by atoms with E-state index in [-0.39, 0.29) is 35.1 Å². The lowest BCUT2D eigenvalue weighted by atomic mass is 9.96. The van der Waals surface area contributed by atoms with Crippen LogP contribution in [-0.2, 0) is 24.3 Å². The molecule has 190 valence electrons. The van der Waals surface area contributed by atoms with E-state index < -0.39 is 16.1 Å². The van der Waals surface area contributed by atoms with Crippen LogP contribution in [0.2, 0.25) is 0 Å². The summed E-state index contributed by atoms with van der Waals surface area (Å²) in [6.45, 7) is 3.10. The SMILES string of the molecule is CCOC(=O)C1CCN(C(=O)[C@H](CCCNC(=N)N)NS(=O)(=O)c2ccc3ccccc3c2)CC1. The third kappa shape index (κ3) is 7.15. The lowest BCUT2D eigenvalue weighted by molar-refractivity contribution is -0.151. The van der Waals surface area contributed by atoms with Gasteiger partial charge in [0.25, 0.3) is 0 Å². The lowest BCUT2D eigenvalue weighted by Gasteiger charge is -2.33. The maximum absolute atomic E-state index is 13.3. The zero-order valence-electron chi connectivity index (χ0n) is 19.8. The molecule has 1 atom stereocenters. The van der Waals surface area contributed by atoms with E-state index >= 15 is 0 Å². The summed E-state index contributed by atoms with van der Waals surface area (Å²) < 4.78 is 34.1. The summed E-state index contributed by atoms with van der Waals surface area (Å²) in [7, 11) is -3.98. The third-order valence-corrected chi connectivity index (χ3v) is 7.51. The van der Waals surface area contributed by atoms with Gasteiger partial charge in [0.05, 0.1) is 17.4 Å². The van der Waals surface area contributed by atoms with E-state index in [2.05, 4.69) is 10.0 Å². The first-order valence-electron chi connectivity index (χ1n) is 11.8. The van der Waals surface area contributed by atoms with Gasteiger partial charge in [-0.1, -0.05) is 30.3 Å². The van der Waals surface area contributed by atoms with Crippen molar-refractivity contribution in [2.24, 2.45) is 11.7 Å². The van der Waals surface area contributed by atoms with E-state index in [1.165, 1.54) is 6.07 Å². The van der Waals surface area contributed by atoms with Crippen molar-refractivity contribution in [1.82, 2.24) is 14.9 Å². The molecule has 0 aliphatic carbocycles. The number of amides is 1. The van der Waals surface area contributed by atoms with Gasteiger partial charge >= 0.3 is 5.97 Å². The number of benzene rings is 2. The van der Waals surface area contributed by atoms with Crippen molar-refractivity contribution in [3.8, 4) is 0 Å². The van der Waals surface area contributed by atoms with Gasteiger partial charge in [-0.25, -0.2) is 8.42 Å². The first-order chi connectivity index (χ1) is 16.7. The fourth-order valence-corrected chi connectivity index (χ4v) is 5.43. The molecular weight excluding hydrogens is 470 g/mol. The van der Waals surface area contributed by atoms with Crippen molar-refractivity contribution in [1.29, 1.82) is 5.41 Å². The molecule has 1 amide bonds. The van der Waals surface area contributed by atoms with Crippen LogP contribution in [0.25, 0.3) is 10.8 Å². The molecule has 10 nitrogen and oxygen atoms in total. The Morgan fingerprint density at radius 3 is 2.51 bits per heavy atom. The quantitative estimate of drug-likeness (QED) is 0.166. The highest BCUT2D eigenvalue weighted by Gasteiger charge is 2.33. The van der Waals surface area contributed by atoms with Gasteiger partial charge < -0.3 is 20.7 Å². The number of nitrogens with zero attached hydrogens (tertiary/aromatic N) is 1. The second kappa shape index (κ2) is 12.0. The van der Waals surface area contributed by atoms with E-state index in [0.717, 1.165) is 10.8 Å². The van der Waals surface area contributed by atoms with Crippen LogP contribution >= 0.6 is 0 Å². The van der Waals surface area contributed by atoms with Gasteiger partial charge in [0, 0.05) is 19.6 Å². The normalized spacial score (nSPS) is 15.5. The van der Waals surface area contributed by atoms with Crippen LogP contribution in [0.3, 0.4) is 0 Å². The van der Waals surface area contributed by atoms with Gasteiger partial charge in [-0.3, -0.25) is 15.0 Å². The summed E-state index contributed by atoms with van der Waals surface area (Å²) in [5.41, 5.74) is 5.32. The summed E-state index contributed by atoms with van der Waals surface area (Å²) >= 11 is 0. The highest BCUT2D eigenvalue weighted by Crippen LogP contribution is 2.22. The second-order valence-electron chi connectivity index (χ2n) is 8.52. The Labute approximate surface area is 205 Å². The predicted octanol–water partition coefficient (Wildman–Crippen LogP) is 1.55. The number of piperidine rings is 1. The Morgan fingerprint density at radius 1 is 1.17 bits per heavy atom. The monoisotopic (exact) mass is 503 g/mol. The average Bonchev–Trinajstić information content (AvgIpc) is 2.85. The molecule has 11 heteroatoms. The molecule has 5 N–H and O–H groups in total. The molecule has 35 heavy (non-hydrogen) atoms. The smallest absolute Gasteiger partial charge is 0.309 e. The first-order valence-corrected chi connectivity index (χ1v) is 13.2. The minimum absolute atomic E-state index is 0.0804. The van der Waals surface area contributed by atoms with Crippen molar-refractivity contribution < 1.29 is 22.7 Å². The van der Waals surface area contributed by atoms with Gasteiger partial charge in [0.15, 0.2) is 5.96 Å². The summed E-state index contributed by atoms with van der Waals surface area (Å²) in [6, 6.07) is 11.3. The number of sulfonamides is 1. The first kappa shape index (κ1) is 26.4. The van der Waals surface area contributed by atoms with E-state index in [9.17, 15) is 18.0 Å². The minimum atomic E-state index is -3.98. The molecule has 0 saturated carbocycles. The van der Waals surface area contributed by atoms with Gasteiger partial charge in [-0.2, -0.15) is 4.72 Å². The molecule has 1 aliphatic rings. The Bertz CT molecular complexity index is 1160. The standard InChI is InChI=1S/C24H33N5O5S/c1-2-34-23(31)18-11-14-29(15-12-18)22(30)21(8-5-13-27-24(25)26)28-35(32,33)20-10-9-17-6-3-4-7-19(17)16-20/h3-4,6-7,9-10,16,18,21,28H,2,5,8,11-15H2,1H3,(H4,25,26,27)/t21-/m0/s1. The molecule has 0 radical (unpaired) electrons. The van der Waals surface area contributed by atoms with Crippen LogP contribution in [-0.4, -0.2) is 63.4 Å². The Balaban J connectivity index is 1.73. The number of fused-ring (bicyclic) bond motifs is 1. The Morgan fingerprint density at radius 2 is 1.86 bits per heavy atom. The van der Waals surface area contributed by atoms with Crippen LogP contribution in [0.1, 0.15) is 32.6 Å². The Hall–Kier alpha value is -3.18. The number of guanidine groups is 1. The number of nitrogens with two attached hydrogens (primary N) is 1. The van der Waals surface area contributed by atoms with Crippen LogP contribution in [0.5, 0.6) is 0 Å². The van der Waals surface area contributed by atoms with E-state index in [0.29, 0.717) is 45.5 Å². The van der Waals surface area contributed by atoms with Crippen LogP contribution in [0.15, 0.2) is 47.4 Å². The van der Waals surface area contributed by atoms with E-state index in [1.807, 2.05) is 24.3 Å². The average molecular weight is 504 g/mol. The van der Waals surface area contributed by atoms with Gasteiger partial charge in [-0.15, -0.1) is 0 Å². The molecule has 0 bridgehead atoms. The number of nitrogens with one attached hydrogen (secondary N) is 3. The van der Waals surface area contributed by atoms with Gasteiger partial charge in [-0.05, 0) is 55.5 Å². The van der Waals surface area contributed by atoms with Crippen LogP contribution in [0, 0.1) is 11.3 Å². The van der Waals surface area contributed by atoms with Crippen LogP contribution in [0.4, 0.5) is 0 Å². The fourth-order valence-electron chi connectivity index (χ4n) is 4.17. The summed E-state index contributed by atoms with van der Waals surface area (Å²) in [5.74, 6) is -1.04. The van der Waals surface area contributed by atoms with Crippen molar-refractivity contribution in [3.05, 3.63) is 42.5 Å². The third-order valence-electron chi connectivity index (χ3n) is 6.04. The number of hydrogen-bond acceptors (Lipinski definition) is 6. The zero-order chi connectivity index (χ0) is 25.4. The van der Waals surface area contributed by atoms with Crippen molar-refractivity contribution in [3.63, 3.8) is 0 Å². The minimum Gasteiger partial charge on any atom is -0.466 e. The molecule has 1 heterocycles. The molecule has 0 aromatic heterocycles. The molecule has 2 aromatic carbocycles. The number of rotatable bonds is 10. The molecule has 1 aliphatic heterocycles. The fraction of sp³-hybridized carbons (Fsp3) is 0.458. The molecule has 1 saturated heterocycles. The van der Waals surface area contributed by atoms with Crippen molar-refractivity contribution >= 4 is 38.6 Å². The maximum atomic E-state index is 13.3.